The Bertz CT molecular complexity index is 1310. The second-order valence-corrected chi connectivity index (χ2v) is 18.7. The van der Waals surface area contributed by atoms with Crippen molar-refractivity contribution in [3.8, 4) is 0 Å². The minimum Gasteiger partial charge on any atom is -0.508 e. The first-order valence-corrected chi connectivity index (χ1v) is 18.6. The van der Waals surface area contributed by atoms with E-state index in [9.17, 15) is 15.3 Å². The highest BCUT2D eigenvalue weighted by atomic mass is 16.6. The molecule has 0 aromatic rings. The zero-order chi connectivity index (χ0) is 33.7. The Hall–Kier alpha value is -1.34. The summed E-state index contributed by atoms with van der Waals surface area (Å²) in [6.07, 6.45) is 14.3. The SMILES string of the molecule is C=C(C)[C@@H]1CCC2(CN)CC[C@@]3(C)[C@]4(C)CCC5(N)C(C)(C)C(OC(O)CCC6=CC(O)=C(O)CC6)CCC5(C)C4CC[C@]3(C)[C@@H]12. The van der Waals surface area contributed by atoms with Crippen molar-refractivity contribution in [2.75, 3.05) is 6.54 Å². The summed E-state index contributed by atoms with van der Waals surface area (Å²) in [6, 6.07) is 0. The molecule has 5 saturated carbocycles. The minimum atomic E-state index is -0.888. The fraction of sp³-hybridized carbons (Fsp3) is 0.850. The molecule has 6 aliphatic carbocycles. The van der Waals surface area contributed by atoms with E-state index in [0.717, 1.165) is 37.8 Å². The fourth-order valence-corrected chi connectivity index (χ4v) is 13.9. The van der Waals surface area contributed by atoms with E-state index >= 15 is 0 Å². The van der Waals surface area contributed by atoms with Gasteiger partial charge in [-0.15, -0.1) is 0 Å². The highest BCUT2D eigenvalue weighted by Gasteiger charge is 2.76. The van der Waals surface area contributed by atoms with Crippen LogP contribution in [0.2, 0.25) is 0 Å². The van der Waals surface area contributed by atoms with Gasteiger partial charge in [-0.3, -0.25) is 0 Å². The second kappa shape index (κ2) is 11.1. The summed E-state index contributed by atoms with van der Waals surface area (Å²) in [4.78, 5) is 0. The van der Waals surface area contributed by atoms with Crippen LogP contribution in [0.4, 0.5) is 0 Å². The number of rotatable bonds is 7. The molecule has 0 heterocycles. The minimum absolute atomic E-state index is 0.0245. The zero-order valence-corrected chi connectivity index (χ0v) is 30.2. The Labute approximate surface area is 279 Å². The molecule has 0 amide bonds. The van der Waals surface area contributed by atoms with Crippen molar-refractivity contribution in [2.45, 2.75) is 156 Å². The van der Waals surface area contributed by atoms with E-state index in [0.29, 0.717) is 43.4 Å². The van der Waals surface area contributed by atoms with Gasteiger partial charge in [-0.25, -0.2) is 0 Å². The number of hydrogen-bond acceptors (Lipinski definition) is 6. The van der Waals surface area contributed by atoms with Gasteiger partial charge in [0.1, 0.15) is 5.76 Å². The fourth-order valence-electron chi connectivity index (χ4n) is 13.9. The largest absolute Gasteiger partial charge is 0.508 e. The Kier molecular flexibility index (Phi) is 8.32. The average Bonchev–Trinajstić information content (AvgIpc) is 3.40. The van der Waals surface area contributed by atoms with Gasteiger partial charge in [0.25, 0.3) is 0 Å². The summed E-state index contributed by atoms with van der Waals surface area (Å²) in [5.41, 5.74) is 17.0. The molecule has 0 bridgehead atoms. The van der Waals surface area contributed by atoms with Gasteiger partial charge >= 0.3 is 0 Å². The van der Waals surface area contributed by atoms with E-state index in [1.807, 2.05) is 0 Å². The number of allylic oxidation sites excluding steroid dienone is 4. The number of ether oxygens (including phenoxy) is 1. The normalized spacial score (nSPS) is 48.9. The predicted octanol–water partition coefficient (Wildman–Crippen LogP) is 8.61. The highest BCUT2D eigenvalue weighted by Crippen LogP contribution is 2.81. The first-order chi connectivity index (χ1) is 21.4. The summed E-state index contributed by atoms with van der Waals surface area (Å²) in [5, 5.41) is 30.8. The summed E-state index contributed by atoms with van der Waals surface area (Å²) in [7, 11) is 0. The van der Waals surface area contributed by atoms with Gasteiger partial charge in [-0.1, -0.05) is 59.3 Å². The topological polar surface area (TPSA) is 122 Å². The lowest BCUT2D eigenvalue weighted by atomic mass is 9.28. The Morgan fingerprint density at radius 1 is 0.913 bits per heavy atom. The highest BCUT2D eigenvalue weighted by molar-refractivity contribution is 5.29. The van der Waals surface area contributed by atoms with E-state index in [1.54, 1.807) is 6.08 Å². The van der Waals surface area contributed by atoms with Crippen LogP contribution in [0, 0.1) is 50.2 Å². The number of nitrogens with two attached hydrogens (primary N) is 2. The van der Waals surface area contributed by atoms with Gasteiger partial charge in [-0.2, -0.15) is 0 Å². The second-order valence-electron chi connectivity index (χ2n) is 18.7. The molecule has 6 unspecified atom stereocenters. The van der Waals surface area contributed by atoms with Crippen molar-refractivity contribution in [1.29, 1.82) is 0 Å². The smallest absolute Gasteiger partial charge is 0.155 e. The van der Waals surface area contributed by atoms with Crippen molar-refractivity contribution in [1.82, 2.24) is 0 Å². The maximum Gasteiger partial charge on any atom is 0.155 e. The monoisotopic (exact) mass is 639 g/mol. The van der Waals surface area contributed by atoms with Gasteiger partial charge in [0, 0.05) is 23.8 Å². The van der Waals surface area contributed by atoms with E-state index < -0.39 is 11.8 Å². The van der Waals surface area contributed by atoms with Crippen LogP contribution < -0.4 is 11.5 Å². The number of fused-ring (bicyclic) bond motifs is 7. The molecular formula is C40H66N2O4. The molecule has 5 fully saturated rings. The van der Waals surface area contributed by atoms with Crippen molar-refractivity contribution < 1.29 is 20.1 Å². The summed E-state index contributed by atoms with van der Waals surface area (Å²) < 4.78 is 6.50. The third-order valence-corrected chi connectivity index (χ3v) is 17.2. The van der Waals surface area contributed by atoms with Crippen LogP contribution in [-0.2, 0) is 4.74 Å². The van der Waals surface area contributed by atoms with E-state index in [1.165, 1.54) is 44.1 Å². The summed E-state index contributed by atoms with van der Waals surface area (Å²) in [5.74, 6) is 1.70. The van der Waals surface area contributed by atoms with Crippen LogP contribution in [0.15, 0.2) is 35.3 Å². The molecule has 0 saturated heterocycles. The van der Waals surface area contributed by atoms with Crippen molar-refractivity contribution >= 4 is 0 Å². The zero-order valence-electron chi connectivity index (χ0n) is 30.2. The maximum atomic E-state index is 11.1. The van der Waals surface area contributed by atoms with E-state index in [4.69, 9.17) is 16.2 Å². The lowest BCUT2D eigenvalue weighted by molar-refractivity contribution is -0.291. The molecule has 0 aromatic heterocycles. The van der Waals surface area contributed by atoms with E-state index in [-0.39, 0.29) is 50.1 Å². The molecule has 6 aliphatic rings. The number of hydrogen-bond donors (Lipinski definition) is 5. The van der Waals surface area contributed by atoms with Crippen molar-refractivity contribution in [2.24, 2.45) is 61.7 Å². The first kappa shape index (κ1) is 34.5. The van der Waals surface area contributed by atoms with Crippen LogP contribution in [0.25, 0.3) is 0 Å². The van der Waals surface area contributed by atoms with Gasteiger partial charge in [0.05, 0.1) is 6.10 Å². The van der Waals surface area contributed by atoms with E-state index in [2.05, 4.69) is 55.0 Å². The van der Waals surface area contributed by atoms with Crippen LogP contribution in [0.5, 0.6) is 0 Å². The molecular weight excluding hydrogens is 572 g/mol. The lowest BCUT2D eigenvalue weighted by Crippen LogP contribution is -2.78. The predicted molar refractivity (Wildman–Crippen MR) is 186 cm³/mol. The third kappa shape index (κ3) is 4.40. The third-order valence-electron chi connectivity index (χ3n) is 17.2. The van der Waals surface area contributed by atoms with Gasteiger partial charge in [-0.05, 0) is 141 Å². The van der Waals surface area contributed by atoms with Crippen LogP contribution in [0.3, 0.4) is 0 Å². The molecule has 0 spiro atoms. The Morgan fingerprint density at radius 2 is 1.61 bits per heavy atom. The molecule has 0 radical (unpaired) electrons. The molecule has 11 atom stereocenters. The Morgan fingerprint density at radius 3 is 2.26 bits per heavy atom. The van der Waals surface area contributed by atoms with Crippen LogP contribution >= 0.6 is 0 Å². The molecule has 6 heteroatoms. The summed E-state index contributed by atoms with van der Waals surface area (Å²) in [6.45, 7) is 22.7. The van der Waals surface area contributed by atoms with Gasteiger partial charge < -0.3 is 31.5 Å². The van der Waals surface area contributed by atoms with Crippen molar-refractivity contribution in [3.63, 3.8) is 0 Å². The molecule has 0 aliphatic heterocycles. The standard InChI is InChI=1S/C40H66N2O4/c1-25(2)27-13-18-39(24-41)21-20-38(8)35(5)19-22-40(42)34(3,4)31(46-32(45)12-10-26-9-11-28(43)29(44)23-26)15-17-36(40,6)30(35)14-16-37(38,7)33(27)39/h23,27,30-33,43-45H,1,9-22,24,41-42H2,2-8H3/t27-,30?,31?,32?,33+,35+,36?,37+,38-,39?,40?/m0/s1. The molecule has 6 nitrogen and oxygen atoms in total. The molecule has 260 valence electrons. The number of aliphatic hydroxyl groups excluding tert-OH is 3. The van der Waals surface area contributed by atoms with Gasteiger partial charge in [0.15, 0.2) is 12.0 Å². The van der Waals surface area contributed by atoms with Crippen LogP contribution in [-0.4, -0.2) is 39.8 Å². The quantitative estimate of drug-likeness (QED) is 0.141. The van der Waals surface area contributed by atoms with Gasteiger partial charge in [0.2, 0.25) is 0 Å². The molecule has 46 heavy (non-hydrogen) atoms. The Balaban J connectivity index is 1.24. The van der Waals surface area contributed by atoms with Crippen LogP contribution in [0.1, 0.15) is 138 Å². The number of aliphatic hydroxyl groups is 3. The lowest BCUT2D eigenvalue weighted by Gasteiger charge is -2.78. The molecule has 6 rings (SSSR count). The summed E-state index contributed by atoms with van der Waals surface area (Å²) >= 11 is 0. The first-order valence-electron chi connectivity index (χ1n) is 18.6. The molecule has 0 aromatic carbocycles. The van der Waals surface area contributed by atoms with Crippen molar-refractivity contribution in [3.05, 3.63) is 35.3 Å². The molecule has 7 N–H and O–H groups in total. The average molecular weight is 639 g/mol. The maximum absolute atomic E-state index is 11.1.